The zero-order valence-corrected chi connectivity index (χ0v) is 14.6. The minimum atomic E-state index is 0.174. The summed E-state index contributed by atoms with van der Waals surface area (Å²) >= 11 is 7.72. The summed E-state index contributed by atoms with van der Waals surface area (Å²) in [4.78, 5) is 0. The van der Waals surface area contributed by atoms with Crippen LogP contribution in [0.5, 0.6) is 0 Å². The van der Waals surface area contributed by atoms with Crippen LogP contribution in [-0.2, 0) is 6.42 Å². The van der Waals surface area contributed by atoms with Crippen LogP contribution >= 0.6 is 22.9 Å². The fourth-order valence-corrected chi connectivity index (χ4v) is 2.95. The molecule has 1 aromatic carbocycles. The van der Waals surface area contributed by atoms with Crippen molar-refractivity contribution in [3.05, 3.63) is 33.8 Å². The molecule has 0 atom stereocenters. The van der Waals surface area contributed by atoms with Gasteiger partial charge in [-0.2, -0.15) is 0 Å². The highest BCUT2D eigenvalue weighted by Crippen LogP contribution is 2.27. The van der Waals surface area contributed by atoms with E-state index in [0.29, 0.717) is 0 Å². The molecule has 2 aromatic rings. The van der Waals surface area contributed by atoms with E-state index in [-0.39, 0.29) is 5.54 Å². The molecule has 1 N–H and O–H groups in total. The van der Waals surface area contributed by atoms with Crippen LogP contribution in [0, 0.1) is 6.92 Å². The Morgan fingerprint density at radius 2 is 2.00 bits per heavy atom. The van der Waals surface area contributed by atoms with Gasteiger partial charge in [0.15, 0.2) is 0 Å². The van der Waals surface area contributed by atoms with Crippen LogP contribution in [0.3, 0.4) is 0 Å². The summed E-state index contributed by atoms with van der Waals surface area (Å²) in [5.41, 5.74) is 2.33. The molecule has 3 nitrogen and oxygen atoms in total. The van der Waals surface area contributed by atoms with Crippen molar-refractivity contribution in [1.82, 2.24) is 15.5 Å². The van der Waals surface area contributed by atoms with E-state index in [4.69, 9.17) is 11.6 Å². The van der Waals surface area contributed by atoms with Gasteiger partial charge < -0.3 is 5.32 Å². The molecular formula is C16H22ClN3S. The van der Waals surface area contributed by atoms with E-state index in [0.717, 1.165) is 45.6 Å². The standard InChI is InChI=1S/C16H22ClN3S/c1-11-10-12(7-8-13(11)17)15-20-19-14(21-15)6-5-9-18-16(2,3)4/h7-8,10,18H,5-6,9H2,1-4H3. The van der Waals surface area contributed by atoms with Crippen molar-refractivity contribution in [3.63, 3.8) is 0 Å². The molecule has 0 fully saturated rings. The highest BCUT2D eigenvalue weighted by atomic mass is 35.5. The smallest absolute Gasteiger partial charge is 0.147 e. The van der Waals surface area contributed by atoms with Gasteiger partial charge in [0.05, 0.1) is 0 Å². The molecular weight excluding hydrogens is 302 g/mol. The Morgan fingerprint density at radius 1 is 1.24 bits per heavy atom. The van der Waals surface area contributed by atoms with Crippen LogP contribution in [0.4, 0.5) is 0 Å². The number of aromatic nitrogens is 2. The molecule has 0 saturated heterocycles. The minimum absolute atomic E-state index is 0.174. The van der Waals surface area contributed by atoms with Gasteiger partial charge in [-0.25, -0.2) is 0 Å². The molecule has 1 aromatic heterocycles. The summed E-state index contributed by atoms with van der Waals surface area (Å²) < 4.78 is 0. The van der Waals surface area contributed by atoms with E-state index < -0.39 is 0 Å². The van der Waals surface area contributed by atoms with E-state index in [2.05, 4.69) is 42.4 Å². The van der Waals surface area contributed by atoms with Crippen molar-refractivity contribution in [3.8, 4) is 10.6 Å². The van der Waals surface area contributed by atoms with E-state index in [9.17, 15) is 0 Å². The molecule has 0 aliphatic rings. The fourth-order valence-electron chi connectivity index (χ4n) is 1.95. The van der Waals surface area contributed by atoms with E-state index >= 15 is 0 Å². The molecule has 2 rings (SSSR count). The number of hydrogen-bond donors (Lipinski definition) is 1. The summed E-state index contributed by atoms with van der Waals surface area (Å²) in [7, 11) is 0. The summed E-state index contributed by atoms with van der Waals surface area (Å²) in [5.74, 6) is 0. The van der Waals surface area contributed by atoms with E-state index in [1.54, 1.807) is 11.3 Å². The Bertz CT molecular complexity index is 602. The first-order valence-corrected chi connectivity index (χ1v) is 8.38. The molecule has 5 heteroatoms. The predicted molar refractivity (Wildman–Crippen MR) is 91.2 cm³/mol. The number of rotatable bonds is 5. The Labute approximate surface area is 135 Å². The van der Waals surface area contributed by atoms with Gasteiger partial charge in [0.25, 0.3) is 0 Å². The normalized spacial score (nSPS) is 11.9. The first kappa shape index (κ1) is 16.4. The van der Waals surface area contributed by atoms with Crippen molar-refractivity contribution in [2.45, 2.75) is 46.1 Å². The maximum Gasteiger partial charge on any atom is 0.147 e. The first-order chi connectivity index (χ1) is 9.85. The average Bonchev–Trinajstić information content (AvgIpc) is 2.86. The highest BCUT2D eigenvalue weighted by Gasteiger charge is 2.10. The van der Waals surface area contributed by atoms with Gasteiger partial charge in [-0.05, 0) is 58.4 Å². The molecule has 0 aliphatic heterocycles. The average molecular weight is 324 g/mol. The van der Waals surface area contributed by atoms with Gasteiger partial charge in [-0.3, -0.25) is 0 Å². The maximum atomic E-state index is 6.05. The van der Waals surface area contributed by atoms with Gasteiger partial charge in [0.1, 0.15) is 10.0 Å². The Balaban J connectivity index is 1.93. The monoisotopic (exact) mass is 323 g/mol. The van der Waals surface area contributed by atoms with Crippen LogP contribution in [0.2, 0.25) is 5.02 Å². The SMILES string of the molecule is Cc1cc(-c2nnc(CCCNC(C)(C)C)s2)ccc1Cl. The summed E-state index contributed by atoms with van der Waals surface area (Å²) in [6, 6.07) is 5.98. The third-order valence-corrected chi connectivity index (χ3v) is 4.55. The van der Waals surface area contributed by atoms with Crippen LogP contribution in [0.1, 0.15) is 37.8 Å². The lowest BCUT2D eigenvalue weighted by Gasteiger charge is -2.20. The molecule has 0 radical (unpaired) electrons. The van der Waals surface area contributed by atoms with Crippen LogP contribution < -0.4 is 5.32 Å². The second-order valence-corrected chi connectivity index (χ2v) is 7.71. The van der Waals surface area contributed by atoms with Crippen LogP contribution in [0.25, 0.3) is 10.6 Å². The molecule has 21 heavy (non-hydrogen) atoms. The number of hydrogen-bond acceptors (Lipinski definition) is 4. The van der Waals surface area contributed by atoms with Gasteiger partial charge >= 0.3 is 0 Å². The van der Waals surface area contributed by atoms with Crippen molar-refractivity contribution >= 4 is 22.9 Å². The number of halogens is 1. The molecule has 114 valence electrons. The lowest BCUT2D eigenvalue weighted by molar-refractivity contribution is 0.422. The predicted octanol–water partition coefficient (Wildman–Crippen LogP) is 4.49. The third-order valence-electron chi connectivity index (χ3n) is 3.09. The largest absolute Gasteiger partial charge is 0.312 e. The van der Waals surface area contributed by atoms with Crippen molar-refractivity contribution in [2.75, 3.05) is 6.54 Å². The molecule has 0 spiro atoms. The van der Waals surface area contributed by atoms with Gasteiger partial charge in [-0.15, -0.1) is 10.2 Å². The van der Waals surface area contributed by atoms with Gasteiger partial charge in [0.2, 0.25) is 0 Å². The lowest BCUT2D eigenvalue weighted by Crippen LogP contribution is -2.36. The Kier molecular flexibility index (Phi) is 5.36. The quantitative estimate of drug-likeness (QED) is 0.824. The second-order valence-electron chi connectivity index (χ2n) is 6.25. The van der Waals surface area contributed by atoms with Crippen molar-refractivity contribution < 1.29 is 0 Å². The van der Waals surface area contributed by atoms with Gasteiger partial charge in [0, 0.05) is 22.5 Å². The molecule has 0 amide bonds. The molecule has 0 bridgehead atoms. The maximum absolute atomic E-state index is 6.05. The zero-order chi connectivity index (χ0) is 15.5. The fraction of sp³-hybridized carbons (Fsp3) is 0.500. The molecule has 0 aliphatic carbocycles. The minimum Gasteiger partial charge on any atom is -0.312 e. The number of nitrogens with one attached hydrogen (secondary N) is 1. The molecule has 1 heterocycles. The van der Waals surface area contributed by atoms with E-state index in [1.807, 2.05) is 19.1 Å². The van der Waals surface area contributed by atoms with Gasteiger partial charge in [-0.1, -0.05) is 29.0 Å². The highest BCUT2D eigenvalue weighted by molar-refractivity contribution is 7.14. The summed E-state index contributed by atoms with van der Waals surface area (Å²) in [5, 5.41) is 14.9. The Morgan fingerprint density at radius 3 is 2.67 bits per heavy atom. The number of aryl methyl sites for hydroxylation is 2. The van der Waals surface area contributed by atoms with Crippen molar-refractivity contribution in [1.29, 1.82) is 0 Å². The van der Waals surface area contributed by atoms with Crippen LogP contribution in [-0.4, -0.2) is 22.3 Å². The second kappa shape index (κ2) is 6.86. The third kappa shape index (κ3) is 5.06. The van der Waals surface area contributed by atoms with E-state index in [1.165, 1.54) is 0 Å². The zero-order valence-electron chi connectivity index (χ0n) is 13.0. The van der Waals surface area contributed by atoms with Crippen molar-refractivity contribution in [2.24, 2.45) is 0 Å². The summed E-state index contributed by atoms with van der Waals surface area (Å²) in [6.45, 7) is 9.54. The Hall–Kier alpha value is -0.970. The number of nitrogens with zero attached hydrogens (tertiary/aromatic N) is 2. The first-order valence-electron chi connectivity index (χ1n) is 7.19. The summed E-state index contributed by atoms with van der Waals surface area (Å²) in [6.07, 6.45) is 2.04. The molecule has 0 saturated carbocycles. The van der Waals surface area contributed by atoms with Crippen LogP contribution in [0.15, 0.2) is 18.2 Å². The lowest BCUT2D eigenvalue weighted by atomic mass is 10.1. The molecule has 0 unspecified atom stereocenters. The number of benzene rings is 1. The topological polar surface area (TPSA) is 37.8 Å².